The summed E-state index contributed by atoms with van der Waals surface area (Å²) in [4.78, 5) is 3.92. The van der Waals surface area contributed by atoms with Crippen LogP contribution in [0.25, 0.3) is 0 Å². The lowest BCUT2D eigenvalue weighted by atomic mass is 10.0. The number of likely N-dealkylation sites (N-methyl/N-ethyl adjacent to an activating group) is 1. The molecule has 0 saturated heterocycles. The van der Waals surface area contributed by atoms with Crippen molar-refractivity contribution in [2.24, 2.45) is 0 Å². The average Bonchev–Trinajstić information content (AvgIpc) is 2.44. The second-order valence-corrected chi connectivity index (χ2v) is 5.08. The number of nitrogens with one attached hydrogen (secondary N) is 1. The second-order valence-electron chi connectivity index (χ2n) is 4.64. The lowest BCUT2D eigenvalue weighted by molar-refractivity contribution is -0.137. The molecule has 1 N–H and O–H groups in total. The largest absolute Gasteiger partial charge is 0.417 e. The van der Waals surface area contributed by atoms with E-state index in [2.05, 4.69) is 10.3 Å². The van der Waals surface area contributed by atoms with Crippen LogP contribution in [-0.4, -0.2) is 12.0 Å². The molecule has 0 spiro atoms. The molecule has 2 nitrogen and oxygen atoms in total. The molecule has 1 aromatic heterocycles. The van der Waals surface area contributed by atoms with E-state index in [1.54, 1.807) is 13.1 Å². The van der Waals surface area contributed by atoms with Crippen LogP contribution in [0.5, 0.6) is 0 Å². The zero-order chi connectivity index (χ0) is 15.5. The van der Waals surface area contributed by atoms with Gasteiger partial charge in [-0.2, -0.15) is 13.2 Å². The fourth-order valence-electron chi connectivity index (χ4n) is 2.03. The van der Waals surface area contributed by atoms with Gasteiger partial charge < -0.3 is 5.32 Å². The second kappa shape index (κ2) is 6.45. The highest BCUT2D eigenvalue weighted by Crippen LogP contribution is 2.29. The zero-order valence-electron chi connectivity index (χ0n) is 11.3. The van der Waals surface area contributed by atoms with E-state index in [9.17, 15) is 13.2 Å². The fourth-order valence-corrected chi connectivity index (χ4v) is 2.25. The zero-order valence-corrected chi connectivity index (χ0v) is 12.0. The van der Waals surface area contributed by atoms with Gasteiger partial charge in [0.1, 0.15) is 0 Å². The Balaban J connectivity index is 2.18. The van der Waals surface area contributed by atoms with Crippen LogP contribution in [0, 0.1) is 0 Å². The van der Waals surface area contributed by atoms with Crippen molar-refractivity contribution in [2.75, 3.05) is 7.05 Å². The molecule has 0 aliphatic heterocycles. The molecule has 112 valence electrons. The first-order valence-electron chi connectivity index (χ1n) is 6.35. The maximum atomic E-state index is 12.5. The first kappa shape index (κ1) is 15.8. The standard InChI is InChI=1S/C15H14ClF3N2/c1-20-14(8-10-3-2-4-12(16)7-10)13-6-5-11(9-21-13)15(17,18)19/h2-7,9,14,20H,8H2,1H3. The van der Waals surface area contributed by atoms with Crippen molar-refractivity contribution in [1.29, 1.82) is 0 Å². The molecule has 0 aliphatic rings. The molecule has 1 aromatic carbocycles. The quantitative estimate of drug-likeness (QED) is 0.912. The Labute approximate surface area is 126 Å². The Hall–Kier alpha value is -1.59. The predicted octanol–water partition coefficient (Wildman–Crippen LogP) is 4.26. The molecule has 0 bridgehead atoms. The number of halogens is 4. The summed E-state index contributed by atoms with van der Waals surface area (Å²) in [7, 11) is 1.74. The maximum Gasteiger partial charge on any atom is 0.417 e. The molecular weight excluding hydrogens is 301 g/mol. The van der Waals surface area contributed by atoms with Crippen molar-refractivity contribution < 1.29 is 13.2 Å². The summed E-state index contributed by atoms with van der Waals surface area (Å²) in [6, 6.07) is 9.63. The Morgan fingerprint density at radius 1 is 1.24 bits per heavy atom. The minimum absolute atomic E-state index is 0.175. The molecule has 1 heterocycles. The third-order valence-corrected chi connectivity index (χ3v) is 3.38. The molecule has 2 aromatic rings. The summed E-state index contributed by atoms with van der Waals surface area (Å²) < 4.78 is 37.6. The van der Waals surface area contributed by atoms with Gasteiger partial charge in [-0.05, 0) is 43.3 Å². The summed E-state index contributed by atoms with van der Waals surface area (Å²) in [6.07, 6.45) is -2.92. The van der Waals surface area contributed by atoms with Gasteiger partial charge in [-0.15, -0.1) is 0 Å². The van der Waals surface area contributed by atoms with Crippen LogP contribution in [-0.2, 0) is 12.6 Å². The molecule has 2 rings (SSSR count). The SMILES string of the molecule is CNC(Cc1cccc(Cl)c1)c1ccc(C(F)(F)F)cn1. The number of pyridine rings is 1. The summed E-state index contributed by atoms with van der Waals surface area (Å²) in [5.74, 6) is 0. The van der Waals surface area contributed by atoms with Gasteiger partial charge >= 0.3 is 6.18 Å². The van der Waals surface area contributed by atoms with Crippen LogP contribution >= 0.6 is 11.6 Å². The minimum Gasteiger partial charge on any atom is -0.311 e. The maximum absolute atomic E-state index is 12.5. The van der Waals surface area contributed by atoms with Gasteiger partial charge in [0.2, 0.25) is 0 Å². The van der Waals surface area contributed by atoms with E-state index in [-0.39, 0.29) is 6.04 Å². The first-order chi connectivity index (χ1) is 9.90. The van der Waals surface area contributed by atoms with Crippen LogP contribution in [0.15, 0.2) is 42.6 Å². The van der Waals surface area contributed by atoms with E-state index in [0.717, 1.165) is 17.8 Å². The minimum atomic E-state index is -4.37. The van der Waals surface area contributed by atoms with Crippen LogP contribution in [0.2, 0.25) is 5.02 Å². The predicted molar refractivity (Wildman–Crippen MR) is 76.2 cm³/mol. The van der Waals surface area contributed by atoms with E-state index in [1.165, 1.54) is 6.07 Å². The Morgan fingerprint density at radius 2 is 2.00 bits per heavy atom. The van der Waals surface area contributed by atoms with Gasteiger partial charge in [0.15, 0.2) is 0 Å². The van der Waals surface area contributed by atoms with Gasteiger partial charge in [-0.1, -0.05) is 23.7 Å². The van der Waals surface area contributed by atoms with Crippen LogP contribution < -0.4 is 5.32 Å². The number of hydrogen-bond acceptors (Lipinski definition) is 2. The van der Waals surface area contributed by atoms with Gasteiger partial charge in [0.25, 0.3) is 0 Å². The van der Waals surface area contributed by atoms with E-state index >= 15 is 0 Å². The number of hydrogen-bond donors (Lipinski definition) is 1. The van der Waals surface area contributed by atoms with E-state index in [0.29, 0.717) is 17.1 Å². The molecule has 0 radical (unpaired) electrons. The molecule has 21 heavy (non-hydrogen) atoms. The number of rotatable bonds is 4. The summed E-state index contributed by atoms with van der Waals surface area (Å²) in [5.41, 5.74) is 0.804. The normalized spacial score (nSPS) is 13.2. The molecule has 1 atom stereocenters. The molecule has 0 aliphatic carbocycles. The highest BCUT2D eigenvalue weighted by molar-refractivity contribution is 6.30. The van der Waals surface area contributed by atoms with Gasteiger partial charge in [0.05, 0.1) is 17.3 Å². The summed E-state index contributed by atoms with van der Waals surface area (Å²) in [6.45, 7) is 0. The number of aromatic nitrogens is 1. The Kier molecular flexibility index (Phi) is 4.85. The number of nitrogens with zero attached hydrogens (tertiary/aromatic N) is 1. The van der Waals surface area contributed by atoms with Crippen molar-refractivity contribution in [3.63, 3.8) is 0 Å². The highest BCUT2D eigenvalue weighted by atomic mass is 35.5. The third-order valence-electron chi connectivity index (χ3n) is 3.15. The molecule has 1 unspecified atom stereocenters. The van der Waals surface area contributed by atoms with E-state index in [1.807, 2.05) is 18.2 Å². The number of alkyl halides is 3. The van der Waals surface area contributed by atoms with Crippen molar-refractivity contribution in [3.05, 3.63) is 64.4 Å². The lowest BCUT2D eigenvalue weighted by Gasteiger charge is -2.16. The molecule has 0 saturated carbocycles. The van der Waals surface area contributed by atoms with E-state index < -0.39 is 11.7 Å². The smallest absolute Gasteiger partial charge is 0.311 e. The van der Waals surface area contributed by atoms with Gasteiger partial charge in [-0.25, -0.2) is 0 Å². The number of benzene rings is 1. The first-order valence-corrected chi connectivity index (χ1v) is 6.73. The third kappa shape index (κ3) is 4.19. The Bertz CT molecular complexity index is 597. The fraction of sp³-hybridized carbons (Fsp3) is 0.267. The van der Waals surface area contributed by atoms with Crippen molar-refractivity contribution in [2.45, 2.75) is 18.6 Å². The van der Waals surface area contributed by atoms with Crippen molar-refractivity contribution in [3.8, 4) is 0 Å². The van der Waals surface area contributed by atoms with Gasteiger partial charge in [0, 0.05) is 11.2 Å². The molecule has 6 heteroatoms. The van der Waals surface area contributed by atoms with E-state index in [4.69, 9.17) is 11.6 Å². The average molecular weight is 315 g/mol. The van der Waals surface area contributed by atoms with Crippen LogP contribution in [0.4, 0.5) is 13.2 Å². The van der Waals surface area contributed by atoms with Gasteiger partial charge in [-0.3, -0.25) is 4.98 Å². The molecular formula is C15H14ClF3N2. The summed E-state index contributed by atoms with van der Waals surface area (Å²) in [5, 5.41) is 3.69. The Morgan fingerprint density at radius 3 is 2.52 bits per heavy atom. The topological polar surface area (TPSA) is 24.9 Å². The highest BCUT2D eigenvalue weighted by Gasteiger charge is 2.30. The monoisotopic (exact) mass is 314 g/mol. The summed E-state index contributed by atoms with van der Waals surface area (Å²) >= 11 is 5.93. The van der Waals surface area contributed by atoms with Crippen molar-refractivity contribution >= 4 is 11.6 Å². The molecule has 0 fully saturated rings. The van der Waals surface area contributed by atoms with Crippen LogP contribution in [0.1, 0.15) is 22.9 Å². The van der Waals surface area contributed by atoms with Crippen LogP contribution in [0.3, 0.4) is 0 Å². The molecule has 0 amide bonds. The lowest BCUT2D eigenvalue weighted by Crippen LogP contribution is -2.20. The van der Waals surface area contributed by atoms with Crippen molar-refractivity contribution in [1.82, 2.24) is 10.3 Å².